The first-order valence-electron chi connectivity index (χ1n) is 6.16. The fourth-order valence-electron chi connectivity index (χ4n) is 1.95. The molecule has 0 aliphatic carbocycles. The van der Waals surface area contributed by atoms with Gasteiger partial charge < -0.3 is 9.64 Å². The zero-order chi connectivity index (χ0) is 14.9. The van der Waals surface area contributed by atoms with Crippen molar-refractivity contribution < 1.29 is 22.7 Å². The third-order valence-electron chi connectivity index (χ3n) is 3.28. The summed E-state index contributed by atoms with van der Waals surface area (Å²) < 4.78 is 44.6. The molecule has 0 spiro atoms. The number of aromatic nitrogens is 1. The van der Waals surface area contributed by atoms with E-state index in [1.54, 1.807) is 0 Å². The Bertz CT molecular complexity index is 520. The van der Waals surface area contributed by atoms with Crippen LogP contribution in [0.5, 0.6) is 5.75 Å². The third kappa shape index (κ3) is 2.57. The molecule has 20 heavy (non-hydrogen) atoms. The van der Waals surface area contributed by atoms with Crippen LogP contribution in [0.25, 0.3) is 0 Å². The van der Waals surface area contributed by atoms with E-state index in [0.29, 0.717) is 5.56 Å². The van der Waals surface area contributed by atoms with Crippen molar-refractivity contribution in [3.63, 3.8) is 0 Å². The number of carbonyl (C=O) groups excluding carboxylic acids is 1. The van der Waals surface area contributed by atoms with E-state index in [9.17, 15) is 18.0 Å². The van der Waals surface area contributed by atoms with Crippen molar-refractivity contribution in [2.45, 2.75) is 26.8 Å². The molecule has 110 valence electrons. The number of nitrogens with zero attached hydrogens (tertiary/aromatic N) is 2. The van der Waals surface area contributed by atoms with Gasteiger partial charge in [0.05, 0.1) is 19.3 Å². The lowest BCUT2D eigenvalue weighted by molar-refractivity contribution is -0.149. The Morgan fingerprint density at radius 2 is 2.15 bits per heavy atom. The van der Waals surface area contributed by atoms with Crippen LogP contribution >= 0.6 is 0 Å². The Balaban J connectivity index is 2.26. The van der Waals surface area contributed by atoms with Gasteiger partial charge in [-0.2, -0.15) is 0 Å². The number of fused-ring (bicyclic) bond motifs is 1. The van der Waals surface area contributed by atoms with Gasteiger partial charge in [-0.3, -0.25) is 9.78 Å². The van der Waals surface area contributed by atoms with Crippen LogP contribution in [0.1, 0.15) is 19.4 Å². The fraction of sp³-hybridized carbons (Fsp3) is 0.538. The predicted octanol–water partition coefficient (Wildman–Crippen LogP) is 2.23. The van der Waals surface area contributed by atoms with Gasteiger partial charge >= 0.3 is 0 Å². The van der Waals surface area contributed by atoms with Crippen LogP contribution in [0, 0.1) is 11.2 Å². The first-order chi connectivity index (χ1) is 9.34. The molecular weight excluding hydrogens is 273 g/mol. The Hall–Kier alpha value is -1.79. The second-order valence-electron chi connectivity index (χ2n) is 5.21. The third-order valence-corrected chi connectivity index (χ3v) is 3.28. The summed E-state index contributed by atoms with van der Waals surface area (Å²) in [4.78, 5) is 17.1. The first kappa shape index (κ1) is 14.6. The number of rotatable bonds is 2. The molecule has 7 heteroatoms. The van der Waals surface area contributed by atoms with E-state index in [1.165, 1.54) is 24.9 Å². The number of pyridine rings is 1. The van der Waals surface area contributed by atoms with E-state index < -0.39 is 23.6 Å². The minimum absolute atomic E-state index is 0.00900. The fourth-order valence-corrected chi connectivity index (χ4v) is 1.95. The van der Waals surface area contributed by atoms with Crippen molar-refractivity contribution in [1.29, 1.82) is 0 Å². The molecule has 0 atom stereocenters. The largest absolute Gasteiger partial charge is 0.488 e. The summed E-state index contributed by atoms with van der Waals surface area (Å²) in [7, 11) is 0. The maximum atomic E-state index is 13.5. The van der Waals surface area contributed by atoms with Crippen LogP contribution in [0.3, 0.4) is 0 Å². The zero-order valence-electron chi connectivity index (χ0n) is 11.2. The summed E-state index contributed by atoms with van der Waals surface area (Å²) >= 11 is 0. The predicted molar refractivity (Wildman–Crippen MR) is 64.9 cm³/mol. The molecule has 1 amide bonds. The maximum absolute atomic E-state index is 13.5. The molecule has 0 N–H and O–H groups in total. The van der Waals surface area contributed by atoms with E-state index in [-0.39, 0.29) is 25.4 Å². The van der Waals surface area contributed by atoms with Crippen LogP contribution < -0.4 is 4.74 Å². The van der Waals surface area contributed by atoms with Gasteiger partial charge in [-0.25, -0.2) is 13.2 Å². The Morgan fingerprint density at radius 1 is 1.45 bits per heavy atom. The number of hydrogen-bond donors (Lipinski definition) is 0. The lowest BCUT2D eigenvalue weighted by atomic mass is 9.92. The maximum Gasteiger partial charge on any atom is 0.252 e. The molecule has 0 unspecified atom stereocenters. The Labute approximate surface area is 114 Å². The lowest BCUT2D eigenvalue weighted by Gasteiger charge is -2.30. The van der Waals surface area contributed by atoms with Gasteiger partial charge in [-0.15, -0.1) is 0 Å². The summed E-state index contributed by atoms with van der Waals surface area (Å²) in [5, 5.41) is 0. The molecule has 0 saturated carbocycles. The van der Waals surface area contributed by atoms with Crippen LogP contribution in [-0.2, 0) is 11.3 Å². The molecule has 0 bridgehead atoms. The van der Waals surface area contributed by atoms with Crippen molar-refractivity contribution in [2.24, 2.45) is 5.41 Å². The topological polar surface area (TPSA) is 42.4 Å². The standard InChI is InChI=1S/C13H15F3N2O2/c1-13(2,11(15)16)12(19)18-3-4-20-10-8(7-18)5-17-6-9(10)14/h5-6,11H,3-4,7H2,1-2H3. The van der Waals surface area contributed by atoms with Crippen LogP contribution in [0.15, 0.2) is 12.4 Å². The van der Waals surface area contributed by atoms with E-state index in [0.717, 1.165) is 6.20 Å². The zero-order valence-corrected chi connectivity index (χ0v) is 11.2. The molecule has 0 radical (unpaired) electrons. The minimum atomic E-state index is -2.77. The van der Waals surface area contributed by atoms with Crippen molar-refractivity contribution in [1.82, 2.24) is 9.88 Å². The van der Waals surface area contributed by atoms with Gasteiger partial charge in [0.25, 0.3) is 6.43 Å². The molecule has 1 aliphatic heterocycles. The van der Waals surface area contributed by atoms with Crippen LogP contribution in [0.4, 0.5) is 13.2 Å². The summed E-state index contributed by atoms with van der Waals surface area (Å²) in [5.41, 5.74) is -1.41. The molecule has 2 rings (SSSR count). The average Bonchev–Trinajstić information content (AvgIpc) is 2.60. The summed E-state index contributed by atoms with van der Waals surface area (Å²) in [6.45, 7) is 2.57. The summed E-state index contributed by atoms with van der Waals surface area (Å²) in [6, 6.07) is 0. The SMILES string of the molecule is CC(C)(C(=O)N1CCOc2c(F)cncc2C1)C(F)F. The van der Waals surface area contributed by atoms with Gasteiger partial charge in [0.15, 0.2) is 11.6 Å². The molecule has 2 heterocycles. The number of ether oxygens (including phenoxy) is 1. The molecule has 1 aromatic heterocycles. The smallest absolute Gasteiger partial charge is 0.252 e. The number of alkyl halides is 2. The van der Waals surface area contributed by atoms with Crippen LogP contribution in [0.2, 0.25) is 0 Å². The minimum Gasteiger partial charge on any atom is -0.488 e. The monoisotopic (exact) mass is 288 g/mol. The van der Waals surface area contributed by atoms with Gasteiger partial charge in [-0.1, -0.05) is 0 Å². The normalized spacial score (nSPS) is 15.6. The van der Waals surface area contributed by atoms with E-state index >= 15 is 0 Å². The van der Waals surface area contributed by atoms with Gasteiger partial charge in [-0.05, 0) is 13.8 Å². The highest BCUT2D eigenvalue weighted by molar-refractivity contribution is 5.82. The van der Waals surface area contributed by atoms with Crippen molar-refractivity contribution in [2.75, 3.05) is 13.2 Å². The second kappa shape index (κ2) is 5.30. The first-order valence-corrected chi connectivity index (χ1v) is 6.16. The lowest BCUT2D eigenvalue weighted by Crippen LogP contribution is -2.45. The number of amides is 1. The number of carbonyl (C=O) groups is 1. The molecular formula is C13H15F3N2O2. The van der Waals surface area contributed by atoms with Crippen LogP contribution in [-0.4, -0.2) is 35.4 Å². The highest BCUT2D eigenvalue weighted by Gasteiger charge is 2.41. The van der Waals surface area contributed by atoms with Crippen molar-refractivity contribution in [3.05, 3.63) is 23.8 Å². The van der Waals surface area contributed by atoms with Gasteiger partial charge in [0, 0.05) is 11.8 Å². The Morgan fingerprint density at radius 3 is 2.80 bits per heavy atom. The van der Waals surface area contributed by atoms with E-state index in [4.69, 9.17) is 4.74 Å². The summed E-state index contributed by atoms with van der Waals surface area (Å²) in [6.07, 6.45) is -0.386. The van der Waals surface area contributed by atoms with E-state index in [2.05, 4.69) is 4.98 Å². The highest BCUT2D eigenvalue weighted by Crippen LogP contribution is 2.31. The second-order valence-corrected chi connectivity index (χ2v) is 5.21. The molecule has 1 aromatic rings. The van der Waals surface area contributed by atoms with Gasteiger partial charge in [0.2, 0.25) is 5.91 Å². The average molecular weight is 288 g/mol. The quantitative estimate of drug-likeness (QED) is 0.838. The molecule has 0 aromatic carbocycles. The number of hydrogen-bond acceptors (Lipinski definition) is 3. The summed E-state index contributed by atoms with van der Waals surface area (Å²) in [5.74, 6) is -1.27. The Kier molecular flexibility index (Phi) is 3.87. The van der Waals surface area contributed by atoms with E-state index in [1.807, 2.05) is 0 Å². The van der Waals surface area contributed by atoms with Gasteiger partial charge in [0.1, 0.15) is 12.0 Å². The highest BCUT2D eigenvalue weighted by atomic mass is 19.3. The molecule has 0 saturated heterocycles. The number of halogens is 3. The molecule has 0 fully saturated rings. The molecule has 4 nitrogen and oxygen atoms in total. The van der Waals surface area contributed by atoms with Crippen molar-refractivity contribution >= 4 is 5.91 Å². The van der Waals surface area contributed by atoms with Crippen molar-refractivity contribution in [3.8, 4) is 5.75 Å². The molecule has 1 aliphatic rings.